The number of esters is 1. The highest BCUT2D eigenvalue weighted by Crippen LogP contribution is 2.54. The first kappa shape index (κ1) is 23.2. The van der Waals surface area contributed by atoms with Gasteiger partial charge in [0.1, 0.15) is 6.10 Å². The summed E-state index contributed by atoms with van der Waals surface area (Å²) in [5, 5.41) is 9.64. The van der Waals surface area contributed by atoms with Crippen LogP contribution in [-0.2, 0) is 16.0 Å². The monoisotopic (exact) mass is 464 g/mol. The Morgan fingerprint density at radius 3 is 2.76 bits per heavy atom. The molecule has 0 radical (unpaired) electrons. The Morgan fingerprint density at radius 2 is 2.03 bits per heavy atom. The van der Waals surface area contributed by atoms with Crippen molar-refractivity contribution in [2.45, 2.75) is 64.5 Å². The van der Waals surface area contributed by atoms with Crippen LogP contribution in [-0.4, -0.2) is 44.3 Å². The van der Waals surface area contributed by atoms with E-state index < -0.39 is 0 Å². The SMILES string of the molecule is COc1cc2c(cc1OC)[C@H](CC#N)N(C[C@@H]1C(=O)O[C@@H]3C[C@@]4(C)CCC[C@H](C)C4=C[C@H]13)CC2. The molecule has 6 nitrogen and oxygen atoms in total. The molecule has 5 rings (SSSR count). The minimum absolute atomic E-state index is 0.0209. The normalized spacial score (nSPS) is 34.7. The molecule has 0 amide bonds. The lowest BCUT2D eigenvalue weighted by molar-refractivity contribution is -0.145. The first-order valence-electron chi connectivity index (χ1n) is 12.7. The maximum atomic E-state index is 13.1. The zero-order valence-corrected chi connectivity index (χ0v) is 20.8. The number of nitriles is 1. The lowest BCUT2D eigenvalue weighted by Gasteiger charge is -2.46. The van der Waals surface area contributed by atoms with Crippen molar-refractivity contribution < 1.29 is 19.0 Å². The van der Waals surface area contributed by atoms with E-state index in [1.165, 1.54) is 30.4 Å². The maximum Gasteiger partial charge on any atom is 0.311 e. The second-order valence-corrected chi connectivity index (χ2v) is 10.9. The molecular formula is C28H36N2O4. The number of nitrogens with zero attached hydrogens (tertiary/aromatic N) is 2. The summed E-state index contributed by atoms with van der Waals surface area (Å²) in [7, 11) is 3.28. The maximum absolute atomic E-state index is 13.1. The molecule has 6 atom stereocenters. The second-order valence-electron chi connectivity index (χ2n) is 10.9. The molecule has 2 heterocycles. The van der Waals surface area contributed by atoms with E-state index >= 15 is 0 Å². The van der Waals surface area contributed by atoms with E-state index in [0.29, 0.717) is 30.4 Å². The zero-order valence-electron chi connectivity index (χ0n) is 20.8. The highest BCUT2D eigenvalue weighted by molar-refractivity contribution is 5.76. The Kier molecular flexibility index (Phi) is 6.10. The van der Waals surface area contributed by atoms with Gasteiger partial charge in [-0.1, -0.05) is 31.9 Å². The Morgan fingerprint density at radius 1 is 1.26 bits per heavy atom. The van der Waals surface area contributed by atoms with Gasteiger partial charge in [0, 0.05) is 25.0 Å². The number of carbonyl (C=O) groups is 1. The zero-order chi connectivity index (χ0) is 24.0. The largest absolute Gasteiger partial charge is 0.493 e. The molecule has 1 saturated heterocycles. The quantitative estimate of drug-likeness (QED) is 0.459. The number of methoxy groups -OCH3 is 2. The summed E-state index contributed by atoms with van der Waals surface area (Å²) >= 11 is 0. The van der Waals surface area contributed by atoms with Crippen molar-refractivity contribution in [3.63, 3.8) is 0 Å². The summed E-state index contributed by atoms with van der Waals surface area (Å²) in [5.74, 6) is 1.84. The third-order valence-electron chi connectivity index (χ3n) is 8.91. The van der Waals surface area contributed by atoms with Gasteiger partial charge in [-0.3, -0.25) is 9.69 Å². The average Bonchev–Trinajstić information content (AvgIpc) is 3.11. The minimum atomic E-state index is -0.181. The number of benzene rings is 1. The Labute approximate surface area is 202 Å². The number of hydrogen-bond acceptors (Lipinski definition) is 6. The second kappa shape index (κ2) is 8.92. The number of carbonyl (C=O) groups excluding carboxylic acids is 1. The molecule has 1 saturated carbocycles. The van der Waals surface area contributed by atoms with Crippen LogP contribution in [0.1, 0.15) is 63.1 Å². The summed E-state index contributed by atoms with van der Waals surface area (Å²) < 4.78 is 17.0. The third kappa shape index (κ3) is 3.79. The van der Waals surface area contributed by atoms with Crippen molar-refractivity contribution in [3.8, 4) is 17.6 Å². The fourth-order valence-electron chi connectivity index (χ4n) is 7.14. The highest BCUT2D eigenvalue weighted by atomic mass is 16.6. The number of rotatable bonds is 5. The molecule has 1 aromatic rings. The van der Waals surface area contributed by atoms with Crippen LogP contribution >= 0.6 is 0 Å². The molecule has 2 aliphatic carbocycles. The van der Waals surface area contributed by atoms with E-state index in [1.807, 2.05) is 12.1 Å². The molecule has 6 heteroatoms. The fourth-order valence-corrected chi connectivity index (χ4v) is 7.14. The van der Waals surface area contributed by atoms with Crippen LogP contribution in [0.4, 0.5) is 0 Å². The van der Waals surface area contributed by atoms with Crippen molar-refractivity contribution in [1.29, 1.82) is 5.26 Å². The van der Waals surface area contributed by atoms with Crippen molar-refractivity contribution in [2.75, 3.05) is 27.3 Å². The average molecular weight is 465 g/mol. The summed E-state index contributed by atoms with van der Waals surface area (Å²) in [6, 6.07) is 6.34. The summed E-state index contributed by atoms with van der Waals surface area (Å²) in [4.78, 5) is 15.4. The molecule has 0 bridgehead atoms. The summed E-state index contributed by atoms with van der Waals surface area (Å²) in [5.41, 5.74) is 3.99. The molecule has 4 aliphatic rings. The van der Waals surface area contributed by atoms with Crippen LogP contribution < -0.4 is 9.47 Å². The predicted octanol–water partition coefficient (Wildman–Crippen LogP) is 4.83. The van der Waals surface area contributed by atoms with Crippen LogP contribution in [0, 0.1) is 34.5 Å². The van der Waals surface area contributed by atoms with Crippen LogP contribution in [0.15, 0.2) is 23.8 Å². The van der Waals surface area contributed by atoms with Crippen LogP contribution in [0.5, 0.6) is 11.5 Å². The topological polar surface area (TPSA) is 71.8 Å². The van der Waals surface area contributed by atoms with Crippen molar-refractivity contribution in [3.05, 3.63) is 34.9 Å². The fraction of sp³-hybridized carbons (Fsp3) is 0.643. The number of ether oxygens (including phenoxy) is 3. The molecule has 1 aromatic carbocycles. The molecule has 34 heavy (non-hydrogen) atoms. The standard InChI is InChI=1S/C28H36N2O4/c1-17-6-5-9-28(2)15-26-20(13-22(17)28)21(27(31)34-26)16-30-11-8-18-12-24(32-3)25(33-4)14-19(18)23(30)7-10-29/h12-14,17,20-21,23,26H,5-9,11,15-16H2,1-4H3/t17-,20+,21-,23-,26+,28+/m0/s1. The van der Waals surface area contributed by atoms with Gasteiger partial charge in [0.05, 0.1) is 32.6 Å². The number of allylic oxidation sites excluding steroid dienone is 1. The van der Waals surface area contributed by atoms with Gasteiger partial charge < -0.3 is 14.2 Å². The van der Waals surface area contributed by atoms with E-state index in [4.69, 9.17) is 14.2 Å². The summed E-state index contributed by atoms with van der Waals surface area (Å²) in [6.45, 7) is 6.12. The van der Waals surface area contributed by atoms with Crippen LogP contribution in [0.2, 0.25) is 0 Å². The van der Waals surface area contributed by atoms with Crippen molar-refractivity contribution in [1.82, 2.24) is 4.90 Å². The van der Waals surface area contributed by atoms with Gasteiger partial charge in [0.2, 0.25) is 0 Å². The van der Waals surface area contributed by atoms with Gasteiger partial charge in [0.25, 0.3) is 0 Å². The van der Waals surface area contributed by atoms with Gasteiger partial charge in [-0.25, -0.2) is 0 Å². The molecule has 0 N–H and O–H groups in total. The first-order chi connectivity index (χ1) is 16.4. The van der Waals surface area contributed by atoms with Gasteiger partial charge >= 0.3 is 5.97 Å². The van der Waals surface area contributed by atoms with Crippen LogP contribution in [0.3, 0.4) is 0 Å². The molecule has 2 aliphatic heterocycles. The van der Waals surface area contributed by atoms with Crippen molar-refractivity contribution >= 4 is 5.97 Å². The van der Waals surface area contributed by atoms with Crippen molar-refractivity contribution in [2.24, 2.45) is 23.2 Å². The first-order valence-corrected chi connectivity index (χ1v) is 12.7. The van der Waals surface area contributed by atoms with E-state index in [0.717, 1.165) is 24.9 Å². The van der Waals surface area contributed by atoms with Gasteiger partial charge in [-0.2, -0.15) is 5.26 Å². The number of hydrogen-bond donors (Lipinski definition) is 0. The lowest BCUT2D eigenvalue weighted by atomic mass is 9.59. The molecule has 0 spiro atoms. The van der Waals surface area contributed by atoms with Gasteiger partial charge in [0.15, 0.2) is 11.5 Å². The van der Waals surface area contributed by atoms with E-state index in [9.17, 15) is 10.1 Å². The Balaban J connectivity index is 1.44. The third-order valence-corrected chi connectivity index (χ3v) is 8.91. The molecule has 182 valence electrons. The van der Waals surface area contributed by atoms with Gasteiger partial charge in [-0.05, 0) is 60.3 Å². The molecular weight excluding hydrogens is 428 g/mol. The molecule has 0 aromatic heterocycles. The summed E-state index contributed by atoms with van der Waals surface area (Å²) in [6.07, 6.45) is 8.23. The Hall–Kier alpha value is -2.52. The molecule has 0 unspecified atom stereocenters. The van der Waals surface area contributed by atoms with Gasteiger partial charge in [-0.15, -0.1) is 0 Å². The Bertz CT molecular complexity index is 1040. The van der Waals surface area contributed by atoms with E-state index in [2.05, 4.69) is 30.9 Å². The van der Waals surface area contributed by atoms with E-state index in [-0.39, 0.29) is 35.4 Å². The smallest absolute Gasteiger partial charge is 0.311 e. The molecule has 2 fully saturated rings. The highest BCUT2D eigenvalue weighted by Gasteiger charge is 2.52. The van der Waals surface area contributed by atoms with E-state index in [1.54, 1.807) is 14.2 Å². The predicted molar refractivity (Wildman–Crippen MR) is 128 cm³/mol. The van der Waals surface area contributed by atoms with Crippen LogP contribution in [0.25, 0.3) is 0 Å². The minimum Gasteiger partial charge on any atom is -0.493 e. The lowest BCUT2D eigenvalue weighted by Crippen LogP contribution is -2.43. The number of fused-ring (bicyclic) bond motifs is 3.